The highest BCUT2D eigenvalue weighted by Gasteiger charge is 2.34. The van der Waals surface area contributed by atoms with Crippen LogP contribution in [0.5, 0.6) is 0 Å². The molecule has 1 fully saturated rings. The van der Waals surface area contributed by atoms with Crippen molar-refractivity contribution in [1.82, 2.24) is 9.88 Å². The number of aryl methyl sites for hydroxylation is 2. The molecule has 5 heteroatoms. The van der Waals surface area contributed by atoms with Crippen molar-refractivity contribution in [2.24, 2.45) is 0 Å². The van der Waals surface area contributed by atoms with E-state index in [1.807, 2.05) is 45.0 Å². The monoisotopic (exact) mass is 314 g/mol. The van der Waals surface area contributed by atoms with Crippen LogP contribution in [-0.2, 0) is 4.74 Å². The van der Waals surface area contributed by atoms with E-state index in [1.165, 1.54) is 0 Å². The normalized spacial score (nSPS) is 20.9. The largest absolute Gasteiger partial charge is 0.388 e. The zero-order valence-corrected chi connectivity index (χ0v) is 13.7. The van der Waals surface area contributed by atoms with Gasteiger partial charge in [0.1, 0.15) is 0 Å². The molecule has 1 aromatic carbocycles. The molecule has 1 aliphatic rings. The summed E-state index contributed by atoms with van der Waals surface area (Å²) in [5.41, 5.74) is 3.35. The van der Waals surface area contributed by atoms with Crippen molar-refractivity contribution in [3.05, 3.63) is 41.1 Å². The van der Waals surface area contributed by atoms with Crippen molar-refractivity contribution < 1.29 is 14.6 Å². The number of fused-ring (bicyclic) bond motifs is 1. The molecule has 0 saturated carbocycles. The van der Waals surface area contributed by atoms with E-state index in [4.69, 9.17) is 4.74 Å². The zero-order chi connectivity index (χ0) is 16.6. The van der Waals surface area contributed by atoms with Gasteiger partial charge in [-0.3, -0.25) is 9.78 Å². The number of pyridine rings is 1. The second kappa shape index (κ2) is 6.26. The molecule has 0 unspecified atom stereocenters. The van der Waals surface area contributed by atoms with Crippen LogP contribution < -0.4 is 0 Å². The number of nitrogens with zero attached hydrogens (tertiary/aromatic N) is 2. The van der Waals surface area contributed by atoms with Crippen LogP contribution in [0.15, 0.2) is 24.3 Å². The van der Waals surface area contributed by atoms with Crippen LogP contribution in [0.3, 0.4) is 0 Å². The molecule has 1 aliphatic heterocycles. The number of amides is 1. The fourth-order valence-electron chi connectivity index (χ4n) is 3.16. The van der Waals surface area contributed by atoms with Crippen LogP contribution in [-0.4, -0.2) is 52.8 Å². The number of hydrogen-bond donors (Lipinski definition) is 1. The molecule has 0 spiro atoms. The molecule has 1 amide bonds. The van der Waals surface area contributed by atoms with E-state index >= 15 is 0 Å². The third-order valence-corrected chi connectivity index (χ3v) is 4.35. The number of aliphatic hydroxyl groups is 1. The lowest BCUT2D eigenvalue weighted by molar-refractivity contribution is 0.0522. The van der Waals surface area contributed by atoms with E-state index < -0.39 is 6.10 Å². The Bertz CT molecular complexity index is 744. The minimum absolute atomic E-state index is 0.0804. The molecular weight excluding hydrogens is 292 g/mol. The molecule has 2 aromatic rings. The predicted molar refractivity (Wildman–Crippen MR) is 88.5 cm³/mol. The highest BCUT2D eigenvalue weighted by molar-refractivity contribution is 6.06. The van der Waals surface area contributed by atoms with Gasteiger partial charge in [0.15, 0.2) is 0 Å². The van der Waals surface area contributed by atoms with Gasteiger partial charge in [-0.1, -0.05) is 11.6 Å². The van der Waals surface area contributed by atoms with Gasteiger partial charge in [0, 0.05) is 17.6 Å². The first-order chi connectivity index (χ1) is 11.0. The summed E-state index contributed by atoms with van der Waals surface area (Å²) in [7, 11) is 0. The van der Waals surface area contributed by atoms with Crippen LogP contribution in [0.1, 0.15) is 28.5 Å². The van der Waals surface area contributed by atoms with Crippen molar-refractivity contribution in [2.75, 3.05) is 19.8 Å². The first-order valence-corrected chi connectivity index (χ1v) is 7.96. The Morgan fingerprint density at radius 1 is 1.35 bits per heavy atom. The van der Waals surface area contributed by atoms with Crippen LogP contribution in [0.25, 0.3) is 10.9 Å². The fraction of sp³-hybridized carbons (Fsp3) is 0.444. The number of hydrogen-bond acceptors (Lipinski definition) is 4. The van der Waals surface area contributed by atoms with Gasteiger partial charge in [-0.05, 0) is 39.0 Å². The van der Waals surface area contributed by atoms with Crippen molar-refractivity contribution in [3.63, 3.8) is 0 Å². The van der Waals surface area contributed by atoms with Crippen LogP contribution in [0, 0.1) is 13.8 Å². The topological polar surface area (TPSA) is 62.7 Å². The summed E-state index contributed by atoms with van der Waals surface area (Å²) in [5.74, 6) is -0.0804. The molecule has 1 aromatic heterocycles. The van der Waals surface area contributed by atoms with Gasteiger partial charge in [0.25, 0.3) is 5.91 Å². The maximum atomic E-state index is 13.1. The fourth-order valence-corrected chi connectivity index (χ4v) is 3.16. The van der Waals surface area contributed by atoms with E-state index in [-0.39, 0.29) is 18.6 Å². The number of aromatic nitrogens is 1. The minimum atomic E-state index is -0.630. The number of rotatable bonds is 3. The molecule has 2 atom stereocenters. The highest BCUT2D eigenvalue weighted by atomic mass is 16.5. The number of carbonyl (C=O) groups is 1. The Hall–Kier alpha value is -1.98. The zero-order valence-electron chi connectivity index (χ0n) is 13.7. The Labute approximate surface area is 135 Å². The molecule has 0 radical (unpaired) electrons. The number of likely N-dealkylation sites (N-methyl/N-ethyl adjacent to an activating group) is 1. The van der Waals surface area contributed by atoms with E-state index in [1.54, 1.807) is 4.90 Å². The Morgan fingerprint density at radius 2 is 2.13 bits per heavy atom. The van der Waals surface area contributed by atoms with Crippen molar-refractivity contribution >= 4 is 16.8 Å². The van der Waals surface area contributed by atoms with Crippen molar-refractivity contribution in [2.45, 2.75) is 32.9 Å². The van der Waals surface area contributed by atoms with Gasteiger partial charge < -0.3 is 14.7 Å². The lowest BCUT2D eigenvalue weighted by Crippen LogP contribution is -2.46. The average molecular weight is 314 g/mol. The summed E-state index contributed by atoms with van der Waals surface area (Å²) >= 11 is 0. The summed E-state index contributed by atoms with van der Waals surface area (Å²) < 4.78 is 5.31. The van der Waals surface area contributed by atoms with E-state index in [0.717, 1.165) is 22.2 Å². The standard InChI is InChI=1S/C18H22N2O3/c1-4-20(16-9-23-10-17(16)21)18(22)14-8-12(3)19-15-6-5-11(2)7-13(14)15/h5-8,16-17,21H,4,9-10H2,1-3H3/t16-,17-/m1/s1. The number of ether oxygens (including phenoxy) is 1. The maximum Gasteiger partial charge on any atom is 0.255 e. The van der Waals surface area contributed by atoms with E-state index in [0.29, 0.717) is 18.7 Å². The lowest BCUT2D eigenvalue weighted by atomic mass is 10.0. The predicted octanol–water partition coefficient (Wildman–Crippen LogP) is 2.07. The highest BCUT2D eigenvalue weighted by Crippen LogP contribution is 2.24. The quantitative estimate of drug-likeness (QED) is 0.942. The SMILES string of the molecule is CCN(C(=O)c1cc(C)nc2ccc(C)cc12)[C@@H]1COC[C@H]1O. The number of benzene rings is 1. The summed E-state index contributed by atoms with van der Waals surface area (Å²) in [6.07, 6.45) is -0.630. The third-order valence-electron chi connectivity index (χ3n) is 4.35. The number of aliphatic hydroxyl groups excluding tert-OH is 1. The van der Waals surface area contributed by atoms with Gasteiger partial charge in [-0.15, -0.1) is 0 Å². The summed E-state index contributed by atoms with van der Waals surface area (Å²) in [4.78, 5) is 19.3. The van der Waals surface area contributed by atoms with Crippen LogP contribution in [0.4, 0.5) is 0 Å². The molecule has 1 N–H and O–H groups in total. The summed E-state index contributed by atoms with van der Waals surface area (Å²) in [6.45, 7) is 6.99. The lowest BCUT2D eigenvalue weighted by Gasteiger charge is -2.29. The second-order valence-electron chi connectivity index (χ2n) is 6.10. The third kappa shape index (κ3) is 2.94. The number of carbonyl (C=O) groups excluding carboxylic acids is 1. The average Bonchev–Trinajstić information content (AvgIpc) is 2.94. The van der Waals surface area contributed by atoms with Crippen molar-refractivity contribution in [3.8, 4) is 0 Å². The van der Waals surface area contributed by atoms with Gasteiger partial charge in [-0.25, -0.2) is 0 Å². The van der Waals surface area contributed by atoms with Crippen LogP contribution >= 0.6 is 0 Å². The first kappa shape index (κ1) is 15.9. The molecule has 122 valence electrons. The smallest absolute Gasteiger partial charge is 0.255 e. The van der Waals surface area contributed by atoms with E-state index in [2.05, 4.69) is 4.98 Å². The van der Waals surface area contributed by atoms with Gasteiger partial charge in [0.05, 0.1) is 36.4 Å². The second-order valence-corrected chi connectivity index (χ2v) is 6.10. The molecule has 0 bridgehead atoms. The molecule has 3 rings (SSSR count). The molecule has 5 nitrogen and oxygen atoms in total. The Balaban J connectivity index is 2.07. The van der Waals surface area contributed by atoms with E-state index in [9.17, 15) is 9.90 Å². The van der Waals surface area contributed by atoms with Gasteiger partial charge in [0.2, 0.25) is 0 Å². The molecule has 23 heavy (non-hydrogen) atoms. The summed E-state index contributed by atoms with van der Waals surface area (Å²) in [6, 6.07) is 7.47. The van der Waals surface area contributed by atoms with Gasteiger partial charge in [-0.2, -0.15) is 0 Å². The Kier molecular flexibility index (Phi) is 4.33. The molecule has 1 saturated heterocycles. The first-order valence-electron chi connectivity index (χ1n) is 7.96. The Morgan fingerprint density at radius 3 is 2.78 bits per heavy atom. The van der Waals surface area contributed by atoms with Crippen molar-refractivity contribution in [1.29, 1.82) is 0 Å². The van der Waals surface area contributed by atoms with Crippen LogP contribution in [0.2, 0.25) is 0 Å². The maximum absolute atomic E-state index is 13.1. The molecular formula is C18H22N2O3. The summed E-state index contributed by atoms with van der Waals surface area (Å²) in [5, 5.41) is 10.9. The minimum Gasteiger partial charge on any atom is -0.388 e. The van der Waals surface area contributed by atoms with Gasteiger partial charge >= 0.3 is 0 Å². The molecule has 2 heterocycles. The molecule has 0 aliphatic carbocycles.